The van der Waals surface area contributed by atoms with E-state index < -0.39 is 11.6 Å². The Hall–Kier alpha value is -1.78. The summed E-state index contributed by atoms with van der Waals surface area (Å²) in [5, 5.41) is 0. The van der Waals surface area contributed by atoms with Crippen LogP contribution in [0.3, 0.4) is 0 Å². The molecule has 1 rings (SSSR count). The molecule has 0 aromatic heterocycles. The van der Waals surface area contributed by atoms with Gasteiger partial charge in [-0.3, -0.25) is 9.59 Å². The number of rotatable bonds is 5. The van der Waals surface area contributed by atoms with Crippen molar-refractivity contribution in [2.75, 3.05) is 14.1 Å². The van der Waals surface area contributed by atoms with Gasteiger partial charge in [0.1, 0.15) is 0 Å². The van der Waals surface area contributed by atoms with E-state index in [4.69, 9.17) is 0 Å². The van der Waals surface area contributed by atoms with Gasteiger partial charge in [-0.05, 0) is 24.6 Å². The molecule has 18 heavy (non-hydrogen) atoms. The van der Waals surface area contributed by atoms with Crippen molar-refractivity contribution in [1.29, 1.82) is 0 Å². The van der Waals surface area contributed by atoms with Crippen molar-refractivity contribution < 1.29 is 18.4 Å². The number of hydrogen-bond acceptors (Lipinski definition) is 2. The van der Waals surface area contributed by atoms with E-state index in [1.54, 1.807) is 14.1 Å². The van der Waals surface area contributed by atoms with E-state index in [0.717, 1.165) is 12.1 Å². The lowest BCUT2D eigenvalue weighted by Gasteiger charge is -2.09. The van der Waals surface area contributed by atoms with Crippen LogP contribution >= 0.6 is 0 Å². The van der Waals surface area contributed by atoms with Crippen molar-refractivity contribution in [3.63, 3.8) is 0 Å². The van der Waals surface area contributed by atoms with E-state index in [0.29, 0.717) is 6.42 Å². The number of nitrogens with zero attached hydrogens (tertiary/aromatic N) is 1. The van der Waals surface area contributed by atoms with Crippen LogP contribution in [0.4, 0.5) is 8.78 Å². The fourth-order valence-corrected chi connectivity index (χ4v) is 1.44. The summed E-state index contributed by atoms with van der Waals surface area (Å²) in [7, 11) is 3.28. The highest BCUT2D eigenvalue weighted by Gasteiger charge is 2.11. The number of benzene rings is 1. The van der Waals surface area contributed by atoms with Gasteiger partial charge in [0.2, 0.25) is 5.91 Å². The number of carbonyl (C=O) groups is 2. The Balaban J connectivity index is 2.50. The SMILES string of the molecule is CN(C)C(=O)CCCC(=O)c1ccc(F)c(F)c1. The van der Waals surface area contributed by atoms with Gasteiger partial charge < -0.3 is 4.90 Å². The highest BCUT2D eigenvalue weighted by atomic mass is 19.2. The summed E-state index contributed by atoms with van der Waals surface area (Å²) in [6, 6.07) is 3.05. The Bertz CT molecular complexity index is 458. The van der Waals surface area contributed by atoms with Gasteiger partial charge >= 0.3 is 0 Å². The second-order valence-corrected chi connectivity index (χ2v) is 4.19. The van der Waals surface area contributed by atoms with Crippen molar-refractivity contribution >= 4 is 11.7 Å². The molecule has 0 saturated heterocycles. The second-order valence-electron chi connectivity index (χ2n) is 4.19. The first-order chi connectivity index (χ1) is 8.41. The van der Waals surface area contributed by atoms with Crippen LogP contribution in [0.25, 0.3) is 0 Å². The van der Waals surface area contributed by atoms with Crippen LogP contribution < -0.4 is 0 Å². The van der Waals surface area contributed by atoms with Gasteiger partial charge in [-0.15, -0.1) is 0 Å². The van der Waals surface area contributed by atoms with Crippen molar-refractivity contribution in [1.82, 2.24) is 4.90 Å². The Morgan fingerprint density at radius 1 is 1.11 bits per heavy atom. The largest absolute Gasteiger partial charge is 0.349 e. The zero-order chi connectivity index (χ0) is 13.7. The molecular weight excluding hydrogens is 240 g/mol. The van der Waals surface area contributed by atoms with Crippen molar-refractivity contribution in [2.24, 2.45) is 0 Å². The number of carbonyl (C=O) groups excluding carboxylic acids is 2. The fourth-order valence-electron chi connectivity index (χ4n) is 1.44. The molecule has 98 valence electrons. The molecule has 1 amide bonds. The molecule has 0 unspecified atom stereocenters. The van der Waals surface area contributed by atoms with Gasteiger partial charge in [0.15, 0.2) is 17.4 Å². The molecule has 3 nitrogen and oxygen atoms in total. The summed E-state index contributed by atoms with van der Waals surface area (Å²) >= 11 is 0. The monoisotopic (exact) mass is 255 g/mol. The first-order valence-corrected chi connectivity index (χ1v) is 5.60. The molecule has 5 heteroatoms. The van der Waals surface area contributed by atoms with E-state index in [-0.39, 0.29) is 30.1 Å². The van der Waals surface area contributed by atoms with E-state index in [2.05, 4.69) is 0 Å². The van der Waals surface area contributed by atoms with Gasteiger partial charge in [-0.2, -0.15) is 0 Å². The van der Waals surface area contributed by atoms with E-state index >= 15 is 0 Å². The van der Waals surface area contributed by atoms with Gasteiger partial charge in [0.25, 0.3) is 0 Å². The molecule has 0 bridgehead atoms. The zero-order valence-electron chi connectivity index (χ0n) is 10.4. The molecule has 0 saturated carbocycles. The average molecular weight is 255 g/mol. The Morgan fingerprint density at radius 3 is 2.33 bits per heavy atom. The Morgan fingerprint density at radius 2 is 1.78 bits per heavy atom. The normalized spacial score (nSPS) is 10.2. The minimum Gasteiger partial charge on any atom is -0.349 e. The maximum absolute atomic E-state index is 12.9. The molecule has 0 spiro atoms. The quantitative estimate of drug-likeness (QED) is 0.758. The van der Waals surface area contributed by atoms with E-state index in [9.17, 15) is 18.4 Å². The van der Waals surface area contributed by atoms with Crippen LogP contribution in [-0.2, 0) is 4.79 Å². The summed E-state index contributed by atoms with van der Waals surface area (Å²) in [6.07, 6.45) is 0.807. The van der Waals surface area contributed by atoms with Crippen LogP contribution in [0.5, 0.6) is 0 Å². The lowest BCUT2D eigenvalue weighted by Crippen LogP contribution is -2.21. The lowest BCUT2D eigenvalue weighted by molar-refractivity contribution is -0.128. The highest BCUT2D eigenvalue weighted by Crippen LogP contribution is 2.12. The Kier molecular flexibility index (Phi) is 4.95. The summed E-state index contributed by atoms with van der Waals surface area (Å²) in [5.41, 5.74) is 0.131. The number of halogens is 2. The number of amides is 1. The van der Waals surface area contributed by atoms with Crippen molar-refractivity contribution in [3.8, 4) is 0 Å². The second kappa shape index (κ2) is 6.23. The summed E-state index contributed by atoms with van der Waals surface area (Å²) in [4.78, 5) is 24.4. The minimum atomic E-state index is -1.04. The van der Waals surface area contributed by atoms with Crippen LogP contribution in [0.2, 0.25) is 0 Å². The third-order valence-corrected chi connectivity index (χ3v) is 2.53. The third kappa shape index (κ3) is 3.91. The topological polar surface area (TPSA) is 37.4 Å². The van der Waals surface area contributed by atoms with Crippen molar-refractivity contribution in [3.05, 3.63) is 35.4 Å². The first-order valence-electron chi connectivity index (χ1n) is 5.60. The van der Waals surface area contributed by atoms with Gasteiger partial charge in [-0.1, -0.05) is 0 Å². The number of Topliss-reactive ketones (excluding diaryl/α,β-unsaturated/α-hetero) is 1. The predicted octanol–water partition coefficient (Wildman–Crippen LogP) is 2.41. The molecule has 0 atom stereocenters. The van der Waals surface area contributed by atoms with Crippen LogP contribution in [-0.4, -0.2) is 30.7 Å². The molecule has 1 aromatic carbocycles. The molecule has 0 aliphatic rings. The molecule has 1 aromatic rings. The summed E-state index contributed by atoms with van der Waals surface area (Å²) < 4.78 is 25.6. The smallest absolute Gasteiger partial charge is 0.222 e. The maximum Gasteiger partial charge on any atom is 0.222 e. The van der Waals surface area contributed by atoms with Gasteiger partial charge in [0.05, 0.1) is 0 Å². The zero-order valence-corrected chi connectivity index (χ0v) is 10.4. The van der Waals surface area contributed by atoms with Gasteiger partial charge in [0, 0.05) is 32.5 Å². The van der Waals surface area contributed by atoms with E-state index in [1.807, 2.05) is 0 Å². The number of ketones is 1. The predicted molar refractivity (Wildman–Crippen MR) is 63.2 cm³/mol. The first kappa shape index (κ1) is 14.3. The molecule has 0 N–H and O–H groups in total. The third-order valence-electron chi connectivity index (χ3n) is 2.53. The lowest BCUT2D eigenvalue weighted by atomic mass is 10.1. The maximum atomic E-state index is 12.9. The van der Waals surface area contributed by atoms with Crippen LogP contribution in [0.1, 0.15) is 29.6 Å². The number of hydrogen-bond donors (Lipinski definition) is 0. The Labute approximate surface area is 104 Å². The molecule has 0 aliphatic heterocycles. The molecular formula is C13H15F2NO2. The summed E-state index contributed by atoms with van der Waals surface area (Å²) in [5.74, 6) is -2.37. The fraction of sp³-hybridized carbons (Fsp3) is 0.385. The molecule has 0 aliphatic carbocycles. The molecule has 0 fully saturated rings. The average Bonchev–Trinajstić information content (AvgIpc) is 2.32. The highest BCUT2D eigenvalue weighted by molar-refractivity contribution is 5.96. The standard InChI is InChI=1S/C13H15F2NO2/c1-16(2)13(18)5-3-4-12(17)9-6-7-10(14)11(15)8-9/h6-8H,3-5H2,1-2H3. The van der Waals surface area contributed by atoms with Crippen LogP contribution in [0, 0.1) is 11.6 Å². The minimum absolute atomic E-state index is 0.0620. The summed E-state index contributed by atoms with van der Waals surface area (Å²) in [6.45, 7) is 0. The van der Waals surface area contributed by atoms with E-state index in [1.165, 1.54) is 11.0 Å². The molecule has 0 radical (unpaired) electrons. The van der Waals surface area contributed by atoms with Gasteiger partial charge in [-0.25, -0.2) is 8.78 Å². The molecule has 0 heterocycles. The van der Waals surface area contributed by atoms with Crippen molar-refractivity contribution in [2.45, 2.75) is 19.3 Å². The van der Waals surface area contributed by atoms with Crippen LogP contribution in [0.15, 0.2) is 18.2 Å².